The van der Waals surface area contributed by atoms with E-state index in [4.69, 9.17) is 4.74 Å². The molecular weight excluding hydrogens is 272 g/mol. The molecule has 0 spiro atoms. The topological polar surface area (TPSA) is 42.4 Å². The number of amides is 1. The summed E-state index contributed by atoms with van der Waals surface area (Å²) in [6.07, 6.45) is 2.95. The van der Waals surface area contributed by atoms with Crippen molar-refractivity contribution < 1.29 is 9.53 Å². The van der Waals surface area contributed by atoms with Crippen LogP contribution in [0.2, 0.25) is 0 Å². The lowest BCUT2D eigenvalue weighted by Gasteiger charge is -2.17. The highest BCUT2D eigenvalue weighted by atomic mass is 32.1. The van der Waals surface area contributed by atoms with Gasteiger partial charge in [0.1, 0.15) is 5.75 Å². The van der Waals surface area contributed by atoms with E-state index in [0.29, 0.717) is 13.0 Å². The maximum Gasteiger partial charge on any atom is 0.226 e. The van der Waals surface area contributed by atoms with Crippen molar-refractivity contribution in [3.05, 3.63) is 46.4 Å². The fraction of sp³-hybridized carbons (Fsp3) is 0.333. The molecule has 0 fully saturated rings. The van der Waals surface area contributed by atoms with Gasteiger partial charge in [-0.2, -0.15) is 0 Å². The van der Waals surface area contributed by atoms with Crippen molar-refractivity contribution in [3.8, 4) is 5.75 Å². The van der Waals surface area contributed by atoms with Crippen LogP contribution in [0.4, 0.5) is 0 Å². The Morgan fingerprint density at radius 3 is 2.90 bits per heavy atom. The quantitative estimate of drug-likeness (QED) is 0.820. The Kier molecular flexibility index (Phi) is 5.12. The average Bonchev–Trinajstić information content (AvgIpc) is 2.98. The minimum absolute atomic E-state index is 0.0889. The normalized spacial score (nSPS) is 10.3. The molecule has 4 nitrogen and oxygen atoms in total. The second kappa shape index (κ2) is 7.05. The van der Waals surface area contributed by atoms with Crippen molar-refractivity contribution in [2.24, 2.45) is 0 Å². The zero-order valence-electron chi connectivity index (χ0n) is 11.7. The zero-order chi connectivity index (χ0) is 14.4. The van der Waals surface area contributed by atoms with Crippen molar-refractivity contribution >= 4 is 17.2 Å². The van der Waals surface area contributed by atoms with Crippen LogP contribution < -0.4 is 4.74 Å². The van der Waals surface area contributed by atoms with Crippen LogP contribution in [0.15, 0.2) is 35.8 Å². The molecule has 0 unspecified atom stereocenters. The number of methoxy groups -OCH3 is 1. The van der Waals surface area contributed by atoms with E-state index < -0.39 is 0 Å². The van der Waals surface area contributed by atoms with Crippen LogP contribution in [-0.4, -0.2) is 36.5 Å². The second-order valence-electron chi connectivity index (χ2n) is 4.48. The van der Waals surface area contributed by atoms with Gasteiger partial charge in [-0.15, -0.1) is 11.3 Å². The number of likely N-dealkylation sites (N-methyl/N-ethyl adjacent to an activating group) is 1. The minimum atomic E-state index is 0.0889. The first-order chi connectivity index (χ1) is 9.70. The molecule has 0 aliphatic heterocycles. The highest BCUT2D eigenvalue weighted by molar-refractivity contribution is 7.09. The summed E-state index contributed by atoms with van der Waals surface area (Å²) >= 11 is 1.62. The van der Waals surface area contributed by atoms with Crippen LogP contribution in [0.3, 0.4) is 0 Å². The Hall–Kier alpha value is -1.88. The first kappa shape index (κ1) is 14.5. The summed E-state index contributed by atoms with van der Waals surface area (Å²) in [5.41, 5.74) is 0.918. The molecule has 0 bridgehead atoms. The lowest BCUT2D eigenvalue weighted by molar-refractivity contribution is -0.129. The summed E-state index contributed by atoms with van der Waals surface area (Å²) < 4.78 is 5.27. The van der Waals surface area contributed by atoms with Crippen LogP contribution in [0.25, 0.3) is 0 Å². The molecule has 1 amide bonds. The lowest BCUT2D eigenvalue weighted by Crippen LogP contribution is -2.30. The van der Waals surface area contributed by atoms with Crippen molar-refractivity contribution in [1.82, 2.24) is 9.88 Å². The number of hydrogen-bond acceptors (Lipinski definition) is 4. The third-order valence-corrected chi connectivity index (χ3v) is 3.94. The van der Waals surface area contributed by atoms with Crippen LogP contribution >= 0.6 is 11.3 Å². The summed E-state index contributed by atoms with van der Waals surface area (Å²) in [5.74, 6) is 0.847. The van der Waals surface area contributed by atoms with E-state index >= 15 is 0 Å². The van der Waals surface area contributed by atoms with Gasteiger partial charge in [0.2, 0.25) is 5.91 Å². The second-order valence-corrected chi connectivity index (χ2v) is 5.46. The molecule has 5 heteroatoms. The average molecular weight is 290 g/mol. The highest BCUT2D eigenvalue weighted by Crippen LogP contribution is 2.18. The molecule has 0 saturated carbocycles. The number of carbonyl (C=O) groups excluding carboxylic acids is 1. The summed E-state index contributed by atoms with van der Waals surface area (Å²) in [7, 11) is 3.45. The fourth-order valence-electron chi connectivity index (χ4n) is 1.91. The number of nitrogens with zero attached hydrogens (tertiary/aromatic N) is 2. The number of ether oxygens (including phenoxy) is 1. The SMILES string of the molecule is COc1ccccc1CC(=O)N(C)CCc1nccs1. The van der Waals surface area contributed by atoms with Crippen molar-refractivity contribution in [2.45, 2.75) is 12.8 Å². The highest BCUT2D eigenvalue weighted by Gasteiger charge is 2.12. The third-order valence-electron chi connectivity index (χ3n) is 3.10. The molecule has 1 aromatic heterocycles. The van der Waals surface area contributed by atoms with Crippen LogP contribution in [0, 0.1) is 0 Å². The monoisotopic (exact) mass is 290 g/mol. The molecule has 106 valence electrons. The standard InChI is InChI=1S/C15H18N2O2S/c1-17(9-7-14-16-8-10-20-14)15(18)11-12-5-3-4-6-13(12)19-2/h3-6,8,10H,7,9,11H2,1-2H3. The van der Waals surface area contributed by atoms with Crippen molar-refractivity contribution in [1.29, 1.82) is 0 Å². The number of hydrogen-bond donors (Lipinski definition) is 0. The van der Waals surface area contributed by atoms with E-state index in [0.717, 1.165) is 22.7 Å². The first-order valence-corrected chi connectivity index (χ1v) is 7.33. The van der Waals surface area contributed by atoms with Crippen LogP contribution in [-0.2, 0) is 17.6 Å². The molecule has 2 rings (SSSR count). The number of para-hydroxylation sites is 1. The van der Waals surface area contributed by atoms with E-state index in [9.17, 15) is 4.79 Å². The lowest BCUT2D eigenvalue weighted by atomic mass is 10.1. The van der Waals surface area contributed by atoms with E-state index in [1.807, 2.05) is 36.7 Å². The summed E-state index contributed by atoms with van der Waals surface area (Å²) in [6.45, 7) is 0.682. The van der Waals surface area contributed by atoms with Crippen molar-refractivity contribution in [2.75, 3.05) is 20.7 Å². The smallest absolute Gasteiger partial charge is 0.226 e. The Morgan fingerprint density at radius 1 is 1.40 bits per heavy atom. The van der Waals surface area contributed by atoms with E-state index in [1.165, 1.54) is 0 Å². The van der Waals surface area contributed by atoms with Gasteiger partial charge < -0.3 is 9.64 Å². The molecule has 0 aliphatic rings. The fourth-order valence-corrected chi connectivity index (χ4v) is 2.52. The third kappa shape index (κ3) is 3.81. The Balaban J connectivity index is 1.90. The van der Waals surface area contributed by atoms with Gasteiger partial charge in [0.15, 0.2) is 0 Å². The van der Waals surface area contributed by atoms with E-state index in [-0.39, 0.29) is 5.91 Å². The predicted octanol–water partition coefficient (Wildman–Crippen LogP) is 2.40. The molecule has 20 heavy (non-hydrogen) atoms. The number of aromatic nitrogens is 1. The van der Waals surface area contributed by atoms with Gasteiger partial charge in [-0.25, -0.2) is 4.98 Å². The van der Waals surface area contributed by atoms with Gasteiger partial charge in [0.05, 0.1) is 18.5 Å². The molecule has 2 aromatic rings. The zero-order valence-corrected chi connectivity index (χ0v) is 12.5. The van der Waals surface area contributed by atoms with Crippen LogP contribution in [0.1, 0.15) is 10.6 Å². The molecule has 0 aliphatic carbocycles. The van der Waals surface area contributed by atoms with Gasteiger partial charge in [-0.1, -0.05) is 18.2 Å². The summed E-state index contributed by atoms with van der Waals surface area (Å²) in [6, 6.07) is 7.61. The molecular formula is C15H18N2O2S. The van der Waals surface area contributed by atoms with Gasteiger partial charge in [0, 0.05) is 37.2 Å². The number of benzene rings is 1. The molecule has 0 atom stereocenters. The van der Waals surface area contributed by atoms with E-state index in [1.54, 1.807) is 29.5 Å². The summed E-state index contributed by atoms with van der Waals surface area (Å²) in [5, 5.41) is 3.01. The number of thiazole rings is 1. The summed E-state index contributed by atoms with van der Waals surface area (Å²) in [4.78, 5) is 18.2. The van der Waals surface area contributed by atoms with Gasteiger partial charge in [-0.3, -0.25) is 4.79 Å². The minimum Gasteiger partial charge on any atom is -0.496 e. The number of carbonyl (C=O) groups is 1. The molecule has 0 saturated heterocycles. The van der Waals surface area contributed by atoms with Gasteiger partial charge in [-0.05, 0) is 6.07 Å². The van der Waals surface area contributed by atoms with E-state index in [2.05, 4.69) is 4.98 Å². The largest absolute Gasteiger partial charge is 0.496 e. The van der Waals surface area contributed by atoms with Gasteiger partial charge >= 0.3 is 0 Å². The van der Waals surface area contributed by atoms with Crippen LogP contribution in [0.5, 0.6) is 5.75 Å². The Morgan fingerprint density at radius 2 is 2.20 bits per heavy atom. The molecule has 0 radical (unpaired) electrons. The Bertz CT molecular complexity index is 555. The maximum atomic E-state index is 12.2. The number of rotatable bonds is 6. The molecule has 1 heterocycles. The molecule has 1 aromatic carbocycles. The molecule has 0 N–H and O–H groups in total. The van der Waals surface area contributed by atoms with Gasteiger partial charge in [0.25, 0.3) is 0 Å². The first-order valence-electron chi connectivity index (χ1n) is 6.45. The maximum absolute atomic E-state index is 12.2. The van der Waals surface area contributed by atoms with Crippen molar-refractivity contribution in [3.63, 3.8) is 0 Å². The predicted molar refractivity (Wildman–Crippen MR) is 80.2 cm³/mol. The Labute approximate surface area is 123 Å².